The average Bonchev–Trinajstić information content (AvgIpc) is 2.74. The van der Waals surface area contributed by atoms with Crippen molar-refractivity contribution in [3.05, 3.63) is 131 Å². The second kappa shape index (κ2) is 5.17. The predicted octanol–water partition coefficient (Wildman–Crippen LogP) is 4.04. The van der Waals surface area contributed by atoms with E-state index in [-0.39, 0.29) is 12.1 Å². The van der Waals surface area contributed by atoms with E-state index in [1.807, 2.05) is 0 Å². The maximum Gasteiger partial charge on any atom is 0.200 e. The highest BCUT2D eigenvalue weighted by Gasteiger charge is 2.58. The largest absolute Gasteiger partial charge is 0.200 e. The predicted molar refractivity (Wildman–Crippen MR) is 106 cm³/mol. The molecule has 2 aromatic carbocycles. The van der Waals surface area contributed by atoms with Gasteiger partial charge in [0.15, 0.2) is 23.8 Å². The Balaban J connectivity index is 1.69. The zero-order valence-corrected chi connectivity index (χ0v) is 15.4. The first-order chi connectivity index (χ1) is 13.9. The Morgan fingerprint density at radius 3 is 1.29 bits per heavy atom. The standard InChI is InChI=1S/C26H20N2/c1-3-11-19-17(9-1)23-21-13-5-7-15-27(21)25(19)24-18-10-2-4-12-20(18)26(23)28-16-8-6-14-22(24)28/h1-16,23-26H/q+2. The van der Waals surface area contributed by atoms with Gasteiger partial charge in [0.25, 0.3) is 0 Å². The number of nitrogens with zero attached hydrogens (tertiary/aromatic N) is 2. The van der Waals surface area contributed by atoms with Crippen LogP contribution in [0.2, 0.25) is 0 Å². The van der Waals surface area contributed by atoms with Gasteiger partial charge in [-0.3, -0.25) is 0 Å². The number of hydrogen-bond donors (Lipinski definition) is 0. The zero-order chi connectivity index (χ0) is 18.2. The summed E-state index contributed by atoms with van der Waals surface area (Å²) in [6, 6.07) is 32.2. The van der Waals surface area contributed by atoms with Crippen molar-refractivity contribution < 1.29 is 9.13 Å². The molecule has 0 saturated heterocycles. The zero-order valence-electron chi connectivity index (χ0n) is 15.4. The average molecular weight is 360 g/mol. The number of benzene rings is 2. The summed E-state index contributed by atoms with van der Waals surface area (Å²) in [5, 5.41) is 0. The van der Waals surface area contributed by atoms with Crippen molar-refractivity contribution in [1.29, 1.82) is 0 Å². The number of pyridine rings is 2. The van der Waals surface area contributed by atoms with E-state index in [4.69, 9.17) is 0 Å². The molecule has 7 heterocycles. The molecule has 4 unspecified atom stereocenters. The lowest BCUT2D eigenvalue weighted by atomic mass is 9.65. The van der Waals surface area contributed by atoms with Crippen molar-refractivity contribution in [2.75, 3.05) is 0 Å². The molecule has 28 heavy (non-hydrogen) atoms. The molecule has 2 heteroatoms. The summed E-state index contributed by atoms with van der Waals surface area (Å²) in [4.78, 5) is 0. The third-order valence-electron chi connectivity index (χ3n) is 7.01. The third-order valence-corrected chi connectivity index (χ3v) is 7.01. The van der Waals surface area contributed by atoms with Gasteiger partial charge in [0.2, 0.25) is 12.1 Å². The van der Waals surface area contributed by atoms with Crippen LogP contribution in [0.4, 0.5) is 0 Å². The Morgan fingerprint density at radius 2 is 0.821 bits per heavy atom. The summed E-state index contributed by atoms with van der Waals surface area (Å²) < 4.78 is 5.11. The molecular formula is C26H20N2+2. The van der Waals surface area contributed by atoms with Crippen LogP contribution in [-0.2, 0) is 0 Å². The van der Waals surface area contributed by atoms with Gasteiger partial charge in [0.05, 0.1) is 0 Å². The molecule has 0 N–H and O–H groups in total. The molecule has 4 bridgehead atoms. The van der Waals surface area contributed by atoms with Crippen LogP contribution in [0.15, 0.2) is 97.3 Å². The highest BCUT2D eigenvalue weighted by atomic mass is 15.1. The van der Waals surface area contributed by atoms with E-state index in [9.17, 15) is 0 Å². The summed E-state index contributed by atoms with van der Waals surface area (Å²) >= 11 is 0. The molecule has 6 aliphatic rings. The summed E-state index contributed by atoms with van der Waals surface area (Å²) in [5.41, 5.74) is 8.80. The Labute approximate surface area is 164 Å². The fourth-order valence-corrected chi connectivity index (χ4v) is 6.06. The lowest BCUT2D eigenvalue weighted by Gasteiger charge is -2.41. The molecule has 0 radical (unpaired) electrons. The summed E-state index contributed by atoms with van der Waals surface area (Å²) in [7, 11) is 0. The fraction of sp³-hybridized carbons (Fsp3) is 0.154. The molecule has 5 aliphatic heterocycles. The minimum atomic E-state index is 0.277. The normalized spacial score (nSPS) is 25.1. The quantitative estimate of drug-likeness (QED) is 0.418. The van der Waals surface area contributed by atoms with Crippen LogP contribution in [0.5, 0.6) is 0 Å². The van der Waals surface area contributed by atoms with Gasteiger partial charge in [-0.1, -0.05) is 60.7 Å². The van der Waals surface area contributed by atoms with Gasteiger partial charge >= 0.3 is 0 Å². The molecule has 0 fully saturated rings. The Kier molecular flexibility index (Phi) is 2.72. The smallest absolute Gasteiger partial charge is 0.193 e. The summed E-state index contributed by atoms with van der Waals surface area (Å²) in [5.74, 6) is 0.615. The van der Waals surface area contributed by atoms with Crippen molar-refractivity contribution in [1.82, 2.24) is 0 Å². The number of rotatable bonds is 0. The molecular weight excluding hydrogens is 340 g/mol. The minimum Gasteiger partial charge on any atom is -0.193 e. The van der Waals surface area contributed by atoms with Crippen LogP contribution < -0.4 is 9.13 Å². The van der Waals surface area contributed by atoms with Gasteiger partial charge in [-0.05, 0) is 11.1 Å². The summed E-state index contributed by atoms with van der Waals surface area (Å²) in [6.07, 6.45) is 4.58. The van der Waals surface area contributed by atoms with E-state index in [1.54, 1.807) is 0 Å². The van der Waals surface area contributed by atoms with E-state index >= 15 is 0 Å². The molecule has 0 saturated carbocycles. The van der Waals surface area contributed by atoms with E-state index in [0.29, 0.717) is 11.8 Å². The van der Waals surface area contributed by atoms with Gasteiger partial charge in [-0.25, -0.2) is 0 Å². The van der Waals surface area contributed by atoms with Crippen LogP contribution in [0.25, 0.3) is 0 Å². The maximum atomic E-state index is 2.55. The highest BCUT2D eigenvalue weighted by Crippen LogP contribution is 2.53. The van der Waals surface area contributed by atoms with Gasteiger partial charge in [0.1, 0.15) is 11.8 Å². The van der Waals surface area contributed by atoms with Crippen molar-refractivity contribution in [3.63, 3.8) is 0 Å². The van der Waals surface area contributed by atoms with Crippen LogP contribution in [0.1, 0.15) is 57.6 Å². The monoisotopic (exact) mass is 360 g/mol. The molecule has 132 valence electrons. The van der Waals surface area contributed by atoms with E-state index in [2.05, 4.69) is 106 Å². The highest BCUT2D eigenvalue weighted by molar-refractivity contribution is 5.50. The second-order valence-corrected chi connectivity index (χ2v) is 8.17. The van der Waals surface area contributed by atoms with E-state index in [0.717, 1.165) is 0 Å². The van der Waals surface area contributed by atoms with Crippen molar-refractivity contribution in [2.45, 2.75) is 23.9 Å². The Bertz CT molecular complexity index is 969. The van der Waals surface area contributed by atoms with Crippen molar-refractivity contribution in [2.24, 2.45) is 0 Å². The van der Waals surface area contributed by atoms with Gasteiger partial charge in [-0.2, -0.15) is 9.13 Å². The molecule has 0 amide bonds. The second-order valence-electron chi connectivity index (χ2n) is 8.17. The molecule has 1 aliphatic carbocycles. The van der Waals surface area contributed by atoms with Crippen molar-refractivity contribution in [3.8, 4) is 0 Å². The minimum absolute atomic E-state index is 0.277. The third kappa shape index (κ3) is 1.65. The Morgan fingerprint density at radius 1 is 0.429 bits per heavy atom. The van der Waals surface area contributed by atoms with Gasteiger partial charge in [0, 0.05) is 35.4 Å². The molecule has 4 atom stereocenters. The SMILES string of the molecule is c1ccc2c(c1)C1c3cccc[n+]3C2C2c3ccccc3C1[n+]1ccccc12. The van der Waals surface area contributed by atoms with Crippen LogP contribution in [0.3, 0.4) is 0 Å². The van der Waals surface area contributed by atoms with Gasteiger partial charge in [-0.15, -0.1) is 0 Å². The maximum absolute atomic E-state index is 2.55. The molecule has 0 spiro atoms. The molecule has 2 aromatic heterocycles. The van der Waals surface area contributed by atoms with Crippen molar-refractivity contribution >= 4 is 0 Å². The lowest BCUT2D eigenvalue weighted by molar-refractivity contribution is -0.769. The first kappa shape index (κ1) is 14.8. The lowest BCUT2D eigenvalue weighted by Crippen LogP contribution is -2.62. The first-order valence-corrected chi connectivity index (χ1v) is 10.1. The fourth-order valence-electron chi connectivity index (χ4n) is 6.06. The molecule has 10 rings (SSSR count). The van der Waals surface area contributed by atoms with Crippen LogP contribution >= 0.6 is 0 Å². The first-order valence-electron chi connectivity index (χ1n) is 10.1. The number of hydrogen-bond acceptors (Lipinski definition) is 0. The van der Waals surface area contributed by atoms with Crippen LogP contribution in [-0.4, -0.2) is 0 Å². The van der Waals surface area contributed by atoms with Gasteiger partial charge < -0.3 is 0 Å². The Hall–Kier alpha value is -3.26. The molecule has 2 nitrogen and oxygen atoms in total. The topological polar surface area (TPSA) is 7.76 Å². The van der Waals surface area contributed by atoms with E-state index in [1.165, 1.54) is 33.6 Å². The van der Waals surface area contributed by atoms with E-state index < -0.39 is 0 Å². The number of aromatic nitrogens is 2. The van der Waals surface area contributed by atoms with Crippen LogP contribution in [0, 0.1) is 0 Å². The molecule has 4 aromatic rings. The summed E-state index contributed by atoms with van der Waals surface area (Å²) in [6.45, 7) is 0.